The highest BCUT2D eigenvalue weighted by molar-refractivity contribution is 6.30. The molecule has 164 valence electrons. The third kappa shape index (κ3) is 3.76. The molecule has 0 fully saturated rings. The summed E-state index contributed by atoms with van der Waals surface area (Å²) >= 11 is 6.14. The Bertz CT molecular complexity index is 1340. The summed E-state index contributed by atoms with van der Waals surface area (Å²) in [5, 5.41) is 5.00. The van der Waals surface area contributed by atoms with E-state index >= 15 is 0 Å². The first-order valence-electron chi connectivity index (χ1n) is 10.3. The largest absolute Gasteiger partial charge is 0.463 e. The summed E-state index contributed by atoms with van der Waals surface area (Å²) in [4.78, 5) is 32.4. The maximum atomic E-state index is 13.9. The first kappa shape index (κ1) is 20.9. The second-order valence-corrected chi connectivity index (χ2v) is 8.02. The lowest BCUT2D eigenvalue weighted by Crippen LogP contribution is -2.34. The maximum absolute atomic E-state index is 13.9. The molecule has 33 heavy (non-hydrogen) atoms. The second kappa shape index (κ2) is 8.52. The van der Waals surface area contributed by atoms with E-state index in [-0.39, 0.29) is 11.7 Å². The van der Waals surface area contributed by atoms with E-state index in [1.807, 2.05) is 48.5 Å². The van der Waals surface area contributed by atoms with Crippen LogP contribution in [0.4, 0.5) is 0 Å². The number of hydrogen-bond donors (Lipinski definition) is 0. The Kier molecular flexibility index (Phi) is 5.40. The molecule has 0 radical (unpaired) electrons. The predicted molar refractivity (Wildman–Crippen MR) is 122 cm³/mol. The number of rotatable bonds is 4. The number of esters is 1. The van der Waals surface area contributed by atoms with Crippen LogP contribution in [0.1, 0.15) is 44.0 Å². The van der Waals surface area contributed by atoms with E-state index in [1.54, 1.807) is 39.9 Å². The lowest BCUT2D eigenvalue weighted by Gasteiger charge is -2.30. The molecule has 1 unspecified atom stereocenters. The lowest BCUT2D eigenvalue weighted by atomic mass is 10.0. The van der Waals surface area contributed by atoms with Gasteiger partial charge >= 0.3 is 5.97 Å². The topological polar surface area (TPSA) is 77.3 Å². The SMILES string of the molecule is COC(=O)c1nc2n(n1)-c1ccccc1C(=O)N(Cc1ccccc1)C2c1ccc(Cl)cc1. The van der Waals surface area contributed by atoms with E-state index < -0.39 is 12.0 Å². The van der Waals surface area contributed by atoms with Crippen LogP contribution in [0.15, 0.2) is 78.9 Å². The van der Waals surface area contributed by atoms with Gasteiger partial charge in [0.1, 0.15) is 6.04 Å². The Morgan fingerprint density at radius 1 is 1.00 bits per heavy atom. The summed E-state index contributed by atoms with van der Waals surface area (Å²) in [6, 6.07) is 23.5. The monoisotopic (exact) mass is 458 g/mol. The van der Waals surface area contributed by atoms with Crippen molar-refractivity contribution in [3.8, 4) is 5.69 Å². The van der Waals surface area contributed by atoms with Crippen molar-refractivity contribution in [2.75, 3.05) is 7.11 Å². The van der Waals surface area contributed by atoms with E-state index in [0.29, 0.717) is 28.6 Å². The number of carbonyl (C=O) groups is 2. The zero-order chi connectivity index (χ0) is 22.9. The fourth-order valence-electron chi connectivity index (χ4n) is 4.02. The quantitative estimate of drug-likeness (QED) is 0.422. The molecule has 4 aromatic rings. The van der Waals surface area contributed by atoms with Gasteiger partial charge < -0.3 is 9.64 Å². The summed E-state index contributed by atoms with van der Waals surface area (Å²) < 4.78 is 6.42. The minimum atomic E-state index is -0.649. The van der Waals surface area contributed by atoms with Crippen LogP contribution >= 0.6 is 11.6 Å². The molecule has 1 amide bonds. The summed E-state index contributed by atoms with van der Waals surface area (Å²) in [5.74, 6) is -0.451. The van der Waals surface area contributed by atoms with Gasteiger partial charge in [-0.2, -0.15) is 0 Å². The minimum absolute atomic E-state index is 0.0738. The van der Waals surface area contributed by atoms with E-state index in [4.69, 9.17) is 16.3 Å². The van der Waals surface area contributed by atoms with Gasteiger partial charge in [0.2, 0.25) is 0 Å². The third-order valence-electron chi connectivity index (χ3n) is 5.56. The third-order valence-corrected chi connectivity index (χ3v) is 5.81. The number of carbonyl (C=O) groups excluding carboxylic acids is 2. The van der Waals surface area contributed by atoms with Crippen molar-refractivity contribution in [3.63, 3.8) is 0 Å². The van der Waals surface area contributed by atoms with Gasteiger partial charge in [0.15, 0.2) is 5.82 Å². The zero-order valence-electron chi connectivity index (χ0n) is 17.7. The maximum Gasteiger partial charge on any atom is 0.377 e. The average Bonchev–Trinajstić information content (AvgIpc) is 3.26. The van der Waals surface area contributed by atoms with E-state index in [0.717, 1.165) is 11.1 Å². The summed E-state index contributed by atoms with van der Waals surface area (Å²) in [6.07, 6.45) is 0. The van der Waals surface area contributed by atoms with Crippen molar-refractivity contribution in [2.24, 2.45) is 0 Å². The smallest absolute Gasteiger partial charge is 0.377 e. The molecule has 0 aliphatic carbocycles. The molecule has 0 spiro atoms. The molecule has 0 N–H and O–H groups in total. The van der Waals surface area contributed by atoms with Gasteiger partial charge in [0.25, 0.3) is 11.7 Å². The molecule has 0 bridgehead atoms. The summed E-state index contributed by atoms with van der Waals surface area (Å²) in [5.41, 5.74) is 2.77. The van der Waals surface area contributed by atoms with E-state index in [1.165, 1.54) is 7.11 Å². The highest BCUT2D eigenvalue weighted by Gasteiger charge is 2.38. The van der Waals surface area contributed by atoms with Crippen LogP contribution in [0, 0.1) is 0 Å². The van der Waals surface area contributed by atoms with Crippen molar-refractivity contribution >= 4 is 23.5 Å². The molecule has 1 atom stereocenters. The van der Waals surface area contributed by atoms with Gasteiger partial charge in [-0.1, -0.05) is 66.2 Å². The van der Waals surface area contributed by atoms with Crippen LogP contribution in [-0.2, 0) is 11.3 Å². The van der Waals surface area contributed by atoms with Gasteiger partial charge in [-0.15, -0.1) is 5.10 Å². The Labute approximate surface area is 195 Å². The molecule has 5 rings (SSSR count). The number of para-hydroxylation sites is 1. The van der Waals surface area contributed by atoms with Gasteiger partial charge in [-0.05, 0) is 35.4 Å². The van der Waals surface area contributed by atoms with Crippen LogP contribution < -0.4 is 0 Å². The first-order valence-corrected chi connectivity index (χ1v) is 10.7. The second-order valence-electron chi connectivity index (χ2n) is 7.59. The molecule has 0 saturated heterocycles. The number of benzene rings is 3. The molecule has 8 heteroatoms. The summed E-state index contributed by atoms with van der Waals surface area (Å²) in [7, 11) is 1.28. The Hall–Kier alpha value is -3.97. The average molecular weight is 459 g/mol. The molecular weight excluding hydrogens is 440 g/mol. The van der Waals surface area contributed by atoms with E-state index in [2.05, 4.69) is 10.1 Å². The number of methoxy groups -OCH3 is 1. The van der Waals surface area contributed by atoms with E-state index in [9.17, 15) is 9.59 Å². The van der Waals surface area contributed by atoms with Crippen LogP contribution in [0.3, 0.4) is 0 Å². The van der Waals surface area contributed by atoms with Crippen molar-refractivity contribution in [3.05, 3.63) is 112 Å². The highest BCUT2D eigenvalue weighted by atomic mass is 35.5. The zero-order valence-corrected chi connectivity index (χ0v) is 18.4. The van der Waals surface area contributed by atoms with Gasteiger partial charge in [0, 0.05) is 11.6 Å². The van der Waals surface area contributed by atoms with Crippen LogP contribution in [0.25, 0.3) is 5.69 Å². The number of aromatic nitrogens is 3. The van der Waals surface area contributed by atoms with Crippen LogP contribution in [0.2, 0.25) is 5.02 Å². The van der Waals surface area contributed by atoms with Crippen molar-refractivity contribution in [1.29, 1.82) is 0 Å². The van der Waals surface area contributed by atoms with Crippen molar-refractivity contribution in [2.45, 2.75) is 12.6 Å². The molecule has 3 aromatic carbocycles. The van der Waals surface area contributed by atoms with Gasteiger partial charge in [-0.3, -0.25) is 4.79 Å². The molecule has 0 saturated carbocycles. The molecule has 7 nitrogen and oxygen atoms in total. The molecular formula is C25H19ClN4O3. The fourth-order valence-corrected chi connectivity index (χ4v) is 4.15. The Morgan fingerprint density at radius 3 is 2.42 bits per heavy atom. The number of halogens is 1. The van der Waals surface area contributed by atoms with Gasteiger partial charge in [0.05, 0.1) is 18.4 Å². The lowest BCUT2D eigenvalue weighted by molar-refractivity contribution is 0.0586. The number of ether oxygens (including phenoxy) is 1. The normalized spacial score (nSPS) is 14.9. The predicted octanol–water partition coefficient (Wildman–Crippen LogP) is 4.45. The first-order chi connectivity index (χ1) is 16.1. The standard InChI is InChI=1S/C25H19ClN4O3/c1-33-25(32)22-27-23-21(17-11-13-18(26)14-12-17)29(15-16-7-3-2-4-8-16)24(31)19-9-5-6-10-20(19)30(23)28-22/h2-14,21H,15H2,1H3. The number of hydrogen-bond acceptors (Lipinski definition) is 5. The minimum Gasteiger partial charge on any atom is -0.463 e. The van der Waals surface area contributed by atoms with Crippen molar-refractivity contribution < 1.29 is 14.3 Å². The molecule has 1 aromatic heterocycles. The Balaban J connectivity index is 1.77. The van der Waals surface area contributed by atoms with Crippen LogP contribution in [0.5, 0.6) is 0 Å². The molecule has 1 aliphatic heterocycles. The molecule has 2 heterocycles. The highest BCUT2D eigenvalue weighted by Crippen LogP contribution is 2.36. The number of fused-ring (bicyclic) bond motifs is 3. The number of nitrogens with zero attached hydrogens (tertiary/aromatic N) is 4. The Morgan fingerprint density at radius 2 is 1.70 bits per heavy atom. The number of amides is 1. The van der Waals surface area contributed by atoms with Crippen LogP contribution in [-0.4, -0.2) is 38.7 Å². The summed E-state index contributed by atoms with van der Waals surface area (Å²) in [6.45, 7) is 0.335. The fraction of sp³-hybridized carbons (Fsp3) is 0.120. The molecule has 1 aliphatic rings. The van der Waals surface area contributed by atoms with Gasteiger partial charge in [-0.25, -0.2) is 14.5 Å². The van der Waals surface area contributed by atoms with Crippen molar-refractivity contribution in [1.82, 2.24) is 19.7 Å².